The summed E-state index contributed by atoms with van der Waals surface area (Å²) >= 11 is 0. The first-order valence-corrected chi connectivity index (χ1v) is 7.89. The van der Waals surface area contributed by atoms with Crippen LogP contribution in [-0.2, 0) is 4.79 Å². The monoisotopic (exact) mass is 338 g/mol. The van der Waals surface area contributed by atoms with Gasteiger partial charge in [-0.25, -0.2) is 4.39 Å². The predicted octanol–water partition coefficient (Wildman–Crippen LogP) is 2.68. The number of nitrogens with zero attached hydrogens (tertiary/aromatic N) is 2. The number of hydrogen-bond acceptors (Lipinski definition) is 3. The smallest absolute Gasteiger partial charge is 0.259 e. The SMILES string of the molecule is C=C1c2ccccc2C(=O)N1CC(=O)N1CCOc2cc(F)ccc21. The molecule has 2 heterocycles. The van der Waals surface area contributed by atoms with Gasteiger partial charge in [0.25, 0.3) is 5.91 Å². The third-order valence-corrected chi connectivity index (χ3v) is 4.42. The maximum atomic E-state index is 13.4. The molecule has 2 aromatic rings. The van der Waals surface area contributed by atoms with Gasteiger partial charge in [-0.3, -0.25) is 14.5 Å². The second-order valence-electron chi connectivity index (χ2n) is 5.89. The van der Waals surface area contributed by atoms with Crippen LogP contribution in [0, 0.1) is 5.82 Å². The van der Waals surface area contributed by atoms with Crippen LogP contribution in [0.1, 0.15) is 15.9 Å². The Morgan fingerprint density at radius 3 is 2.72 bits per heavy atom. The number of fused-ring (bicyclic) bond motifs is 2. The first-order chi connectivity index (χ1) is 12.1. The minimum absolute atomic E-state index is 0.122. The van der Waals surface area contributed by atoms with Gasteiger partial charge in [-0.05, 0) is 18.2 Å². The van der Waals surface area contributed by atoms with E-state index in [1.54, 1.807) is 12.1 Å². The number of ether oxygens (including phenoxy) is 1. The standard InChI is InChI=1S/C19H15FN2O3/c1-12-14-4-2-3-5-15(14)19(24)22(12)11-18(23)21-8-9-25-17-10-13(20)6-7-16(17)21/h2-7,10H,1,8-9,11H2. The average molecular weight is 338 g/mol. The number of amides is 2. The number of carbonyl (C=O) groups is 2. The molecule has 0 aliphatic carbocycles. The van der Waals surface area contributed by atoms with Gasteiger partial charge in [-0.15, -0.1) is 0 Å². The molecule has 2 amide bonds. The van der Waals surface area contributed by atoms with E-state index in [1.165, 1.54) is 28.0 Å². The molecular weight excluding hydrogens is 323 g/mol. The third kappa shape index (κ3) is 2.46. The summed E-state index contributed by atoms with van der Waals surface area (Å²) in [5.41, 5.74) is 2.31. The van der Waals surface area contributed by atoms with Crippen molar-refractivity contribution < 1.29 is 18.7 Å². The van der Waals surface area contributed by atoms with Gasteiger partial charge in [0.05, 0.1) is 12.2 Å². The summed E-state index contributed by atoms with van der Waals surface area (Å²) in [6.07, 6.45) is 0. The first-order valence-electron chi connectivity index (χ1n) is 7.89. The maximum absolute atomic E-state index is 13.4. The van der Waals surface area contributed by atoms with Crippen LogP contribution < -0.4 is 9.64 Å². The third-order valence-electron chi connectivity index (χ3n) is 4.42. The van der Waals surface area contributed by atoms with Gasteiger partial charge in [-0.2, -0.15) is 0 Å². The predicted molar refractivity (Wildman–Crippen MR) is 90.8 cm³/mol. The molecule has 2 aliphatic heterocycles. The van der Waals surface area contributed by atoms with Gasteiger partial charge in [0.15, 0.2) is 0 Å². The van der Waals surface area contributed by atoms with Crippen molar-refractivity contribution in [2.75, 3.05) is 24.6 Å². The fourth-order valence-corrected chi connectivity index (χ4v) is 3.18. The molecule has 0 radical (unpaired) electrons. The Morgan fingerprint density at radius 2 is 1.96 bits per heavy atom. The zero-order valence-electron chi connectivity index (χ0n) is 13.4. The fourth-order valence-electron chi connectivity index (χ4n) is 3.18. The maximum Gasteiger partial charge on any atom is 0.259 e. The van der Waals surface area contributed by atoms with Crippen molar-refractivity contribution in [1.82, 2.24) is 4.90 Å². The fraction of sp³-hybridized carbons (Fsp3) is 0.158. The zero-order chi connectivity index (χ0) is 17.6. The lowest BCUT2D eigenvalue weighted by Crippen LogP contribution is -2.44. The summed E-state index contributed by atoms with van der Waals surface area (Å²) in [5, 5.41) is 0. The van der Waals surface area contributed by atoms with Crippen molar-refractivity contribution in [3.63, 3.8) is 0 Å². The second-order valence-corrected chi connectivity index (χ2v) is 5.89. The molecule has 0 spiro atoms. The highest BCUT2D eigenvalue weighted by atomic mass is 19.1. The van der Waals surface area contributed by atoms with Gasteiger partial charge in [-0.1, -0.05) is 24.8 Å². The summed E-state index contributed by atoms with van der Waals surface area (Å²) in [7, 11) is 0. The van der Waals surface area contributed by atoms with Crippen molar-refractivity contribution in [3.05, 3.63) is 66.0 Å². The van der Waals surface area contributed by atoms with E-state index < -0.39 is 5.82 Å². The molecular formula is C19H15FN2O3. The highest BCUT2D eigenvalue weighted by molar-refractivity contribution is 6.11. The van der Waals surface area contributed by atoms with Crippen molar-refractivity contribution in [1.29, 1.82) is 0 Å². The summed E-state index contributed by atoms with van der Waals surface area (Å²) < 4.78 is 18.8. The van der Waals surface area contributed by atoms with Gasteiger partial charge in [0.1, 0.15) is 24.7 Å². The summed E-state index contributed by atoms with van der Waals surface area (Å²) in [5.74, 6) is -0.596. The quantitative estimate of drug-likeness (QED) is 0.846. The Hall–Kier alpha value is -3.15. The lowest BCUT2D eigenvalue weighted by Gasteiger charge is -2.31. The number of rotatable bonds is 2. The number of hydrogen-bond donors (Lipinski definition) is 0. The van der Waals surface area contributed by atoms with Gasteiger partial charge in [0, 0.05) is 22.9 Å². The summed E-state index contributed by atoms with van der Waals surface area (Å²) in [6, 6.07) is 11.2. The molecule has 5 nitrogen and oxygen atoms in total. The molecule has 6 heteroatoms. The van der Waals surface area contributed by atoms with E-state index in [2.05, 4.69) is 6.58 Å². The van der Waals surface area contributed by atoms with Gasteiger partial charge in [0.2, 0.25) is 5.91 Å². The Labute approximate surface area is 143 Å². The highest BCUT2D eigenvalue weighted by Gasteiger charge is 2.34. The molecule has 0 bridgehead atoms. The average Bonchev–Trinajstić information content (AvgIpc) is 2.86. The Bertz CT molecular complexity index is 874. The van der Waals surface area contributed by atoms with Crippen molar-refractivity contribution >= 4 is 23.2 Å². The zero-order valence-corrected chi connectivity index (χ0v) is 13.4. The topological polar surface area (TPSA) is 49.9 Å². The van der Waals surface area contributed by atoms with E-state index in [1.807, 2.05) is 12.1 Å². The number of halogens is 1. The Kier molecular flexibility index (Phi) is 3.53. The molecule has 4 rings (SSSR count). The normalized spacial score (nSPS) is 15.7. The van der Waals surface area contributed by atoms with Gasteiger partial charge >= 0.3 is 0 Å². The largest absolute Gasteiger partial charge is 0.489 e. The van der Waals surface area contributed by atoms with E-state index in [4.69, 9.17) is 4.74 Å². The molecule has 2 aromatic carbocycles. The number of carbonyl (C=O) groups excluding carboxylic acids is 2. The van der Waals surface area contributed by atoms with Crippen LogP contribution >= 0.6 is 0 Å². The van der Waals surface area contributed by atoms with Crippen LogP contribution in [0.4, 0.5) is 10.1 Å². The van der Waals surface area contributed by atoms with E-state index in [-0.39, 0.29) is 25.0 Å². The minimum atomic E-state index is -0.424. The lowest BCUT2D eigenvalue weighted by molar-refractivity contribution is -0.119. The first kappa shape index (κ1) is 15.4. The van der Waals surface area contributed by atoms with Crippen molar-refractivity contribution in [3.8, 4) is 5.75 Å². The lowest BCUT2D eigenvalue weighted by atomic mass is 10.1. The van der Waals surface area contributed by atoms with E-state index in [0.29, 0.717) is 29.2 Å². The summed E-state index contributed by atoms with van der Waals surface area (Å²) in [4.78, 5) is 28.2. The minimum Gasteiger partial charge on any atom is -0.489 e. The van der Waals surface area contributed by atoms with E-state index >= 15 is 0 Å². The van der Waals surface area contributed by atoms with Crippen molar-refractivity contribution in [2.24, 2.45) is 0 Å². The molecule has 0 fully saturated rings. The van der Waals surface area contributed by atoms with E-state index in [9.17, 15) is 14.0 Å². The molecule has 126 valence electrons. The molecule has 25 heavy (non-hydrogen) atoms. The van der Waals surface area contributed by atoms with Crippen LogP contribution in [0.5, 0.6) is 5.75 Å². The molecule has 2 aliphatic rings. The van der Waals surface area contributed by atoms with Crippen LogP contribution in [0.25, 0.3) is 5.70 Å². The van der Waals surface area contributed by atoms with E-state index in [0.717, 1.165) is 5.56 Å². The van der Waals surface area contributed by atoms with Crippen LogP contribution in [0.2, 0.25) is 0 Å². The molecule has 0 saturated heterocycles. The summed E-state index contributed by atoms with van der Waals surface area (Å²) in [6.45, 7) is 4.44. The van der Waals surface area contributed by atoms with Gasteiger partial charge < -0.3 is 9.64 Å². The van der Waals surface area contributed by atoms with Crippen LogP contribution in [-0.4, -0.2) is 36.4 Å². The Balaban J connectivity index is 1.58. The van der Waals surface area contributed by atoms with Crippen LogP contribution in [0.3, 0.4) is 0 Å². The number of benzene rings is 2. The van der Waals surface area contributed by atoms with Crippen molar-refractivity contribution in [2.45, 2.75) is 0 Å². The van der Waals surface area contributed by atoms with Crippen LogP contribution in [0.15, 0.2) is 49.0 Å². The highest BCUT2D eigenvalue weighted by Crippen LogP contribution is 2.34. The number of anilines is 1. The second kappa shape index (κ2) is 5.73. The molecule has 0 atom stereocenters. The molecule has 0 aromatic heterocycles. The molecule has 0 N–H and O–H groups in total. The Morgan fingerprint density at radius 1 is 1.20 bits per heavy atom. The molecule has 0 unspecified atom stereocenters. The molecule has 0 saturated carbocycles.